The van der Waals surface area contributed by atoms with Gasteiger partial charge in [-0.3, -0.25) is 4.57 Å². The van der Waals surface area contributed by atoms with Gasteiger partial charge >= 0.3 is 0 Å². The maximum Gasteiger partial charge on any atom is 0.167 e. The number of pyridine rings is 1. The van der Waals surface area contributed by atoms with Gasteiger partial charge in [-0.25, -0.2) is 4.98 Å². The zero-order valence-electron chi connectivity index (χ0n) is 8.02. The lowest BCUT2D eigenvalue weighted by molar-refractivity contribution is 0.950. The first kappa shape index (κ1) is 9.55. The quantitative estimate of drug-likeness (QED) is 0.689. The Kier molecular flexibility index (Phi) is 2.48. The third-order valence-electron chi connectivity index (χ3n) is 1.99. The van der Waals surface area contributed by atoms with Crippen molar-refractivity contribution in [2.45, 2.75) is 13.8 Å². The summed E-state index contributed by atoms with van der Waals surface area (Å²) in [5.41, 5.74) is 2.30. The summed E-state index contributed by atoms with van der Waals surface area (Å²) in [7, 11) is 0. The van der Waals surface area contributed by atoms with E-state index < -0.39 is 0 Å². The van der Waals surface area contributed by atoms with Crippen LogP contribution < -0.4 is 0 Å². The molecular weight excluding hydrogens is 212 g/mol. The summed E-state index contributed by atoms with van der Waals surface area (Å²) >= 11 is 6.80. The predicted octanol–water partition coefficient (Wildman–Crippen LogP) is 3.28. The van der Waals surface area contributed by atoms with Crippen LogP contribution in [0.25, 0.3) is 5.82 Å². The summed E-state index contributed by atoms with van der Waals surface area (Å²) < 4.78 is 2.83. The highest BCUT2D eigenvalue weighted by Gasteiger charge is 2.02. The summed E-state index contributed by atoms with van der Waals surface area (Å²) in [4.78, 5) is 4.35. The van der Waals surface area contributed by atoms with E-state index in [0.29, 0.717) is 0 Å². The van der Waals surface area contributed by atoms with Gasteiger partial charge in [0.1, 0.15) is 5.82 Å². The van der Waals surface area contributed by atoms with E-state index in [0.717, 1.165) is 21.0 Å². The predicted molar refractivity (Wildman–Crippen MR) is 61.7 cm³/mol. The Morgan fingerprint density at radius 3 is 2.64 bits per heavy atom. The second-order valence-electron chi connectivity index (χ2n) is 3.17. The molecule has 0 N–H and O–H groups in total. The molecule has 2 rings (SSSR count). The van der Waals surface area contributed by atoms with Crippen molar-refractivity contribution in [2.24, 2.45) is 0 Å². The Labute approximate surface area is 91.9 Å². The fourth-order valence-electron chi connectivity index (χ4n) is 1.25. The third kappa shape index (κ3) is 1.63. The van der Waals surface area contributed by atoms with E-state index in [-0.39, 0.29) is 0 Å². The molecule has 0 unspecified atom stereocenters. The number of thiazole rings is 1. The highest BCUT2D eigenvalue weighted by atomic mass is 32.1. The van der Waals surface area contributed by atoms with E-state index in [9.17, 15) is 0 Å². The van der Waals surface area contributed by atoms with Gasteiger partial charge in [0.15, 0.2) is 3.95 Å². The molecule has 0 aliphatic carbocycles. The fourth-order valence-corrected chi connectivity index (χ4v) is 2.35. The minimum Gasteiger partial charge on any atom is -0.280 e. The van der Waals surface area contributed by atoms with Gasteiger partial charge in [-0.1, -0.05) is 6.07 Å². The van der Waals surface area contributed by atoms with Gasteiger partial charge in [-0.15, -0.1) is 11.3 Å². The second-order valence-corrected chi connectivity index (χ2v) is 4.68. The van der Waals surface area contributed by atoms with E-state index in [1.807, 2.05) is 42.1 Å². The lowest BCUT2D eigenvalue weighted by Crippen LogP contribution is -1.98. The van der Waals surface area contributed by atoms with Crippen LogP contribution in [-0.4, -0.2) is 9.55 Å². The van der Waals surface area contributed by atoms with Crippen LogP contribution >= 0.6 is 23.6 Å². The summed E-state index contributed by atoms with van der Waals surface area (Å²) in [5.74, 6) is 0.902. The van der Waals surface area contributed by atoms with Gasteiger partial charge in [0.05, 0.1) is 0 Å². The molecule has 2 aromatic rings. The van der Waals surface area contributed by atoms with Gasteiger partial charge in [-0.2, -0.15) is 0 Å². The summed E-state index contributed by atoms with van der Waals surface area (Å²) in [5, 5.41) is 2.05. The molecule has 0 saturated heterocycles. The highest BCUT2D eigenvalue weighted by Crippen LogP contribution is 2.15. The Morgan fingerprint density at radius 1 is 1.36 bits per heavy atom. The van der Waals surface area contributed by atoms with Crippen LogP contribution in [0.4, 0.5) is 0 Å². The summed E-state index contributed by atoms with van der Waals surface area (Å²) in [6.07, 6.45) is 1.86. The van der Waals surface area contributed by atoms with E-state index >= 15 is 0 Å². The van der Waals surface area contributed by atoms with E-state index in [1.165, 1.54) is 0 Å². The maximum atomic E-state index is 5.23. The van der Waals surface area contributed by atoms with Crippen LogP contribution in [-0.2, 0) is 0 Å². The van der Waals surface area contributed by atoms with Crippen molar-refractivity contribution >= 4 is 23.6 Å². The average Bonchev–Trinajstić information content (AvgIpc) is 2.49. The van der Waals surface area contributed by atoms with Gasteiger partial charge in [-0.05, 0) is 37.7 Å². The molecule has 0 aliphatic rings. The minimum absolute atomic E-state index is 0.846. The molecule has 4 heteroatoms. The molecule has 0 aliphatic heterocycles. The number of aromatic nitrogens is 2. The van der Waals surface area contributed by atoms with Crippen molar-refractivity contribution in [1.29, 1.82) is 0 Å². The summed E-state index contributed by atoms with van der Waals surface area (Å²) in [6, 6.07) is 4.03. The van der Waals surface area contributed by atoms with Crippen LogP contribution in [0, 0.1) is 17.8 Å². The molecule has 0 saturated carbocycles. The fraction of sp³-hybridized carbons (Fsp3) is 0.200. The molecule has 72 valence electrons. The molecule has 14 heavy (non-hydrogen) atoms. The van der Waals surface area contributed by atoms with Crippen LogP contribution in [0.2, 0.25) is 0 Å². The van der Waals surface area contributed by atoms with Crippen molar-refractivity contribution in [3.63, 3.8) is 0 Å². The Balaban J connectivity index is 2.60. The first-order valence-corrected chi connectivity index (χ1v) is 5.57. The zero-order valence-corrected chi connectivity index (χ0v) is 9.65. The number of hydrogen-bond donors (Lipinski definition) is 0. The maximum absolute atomic E-state index is 5.23. The zero-order chi connectivity index (χ0) is 10.1. The molecule has 0 atom stereocenters. The van der Waals surface area contributed by atoms with Gasteiger partial charge < -0.3 is 0 Å². The van der Waals surface area contributed by atoms with Crippen molar-refractivity contribution < 1.29 is 0 Å². The number of rotatable bonds is 1. The molecule has 2 aromatic heterocycles. The largest absolute Gasteiger partial charge is 0.280 e. The standard InChI is InChI=1S/C10H10N2S2/c1-7-3-4-9(11-5-7)12-8(2)6-14-10(12)13/h3-6H,1-2H3. The number of hydrogen-bond acceptors (Lipinski definition) is 3. The third-order valence-corrected chi connectivity index (χ3v) is 3.30. The van der Waals surface area contributed by atoms with Crippen molar-refractivity contribution in [2.75, 3.05) is 0 Å². The van der Waals surface area contributed by atoms with Crippen molar-refractivity contribution in [3.05, 3.63) is 38.9 Å². The number of nitrogens with zero attached hydrogens (tertiary/aromatic N) is 2. The molecule has 0 aromatic carbocycles. The topological polar surface area (TPSA) is 17.8 Å². The molecule has 0 amide bonds. The normalized spacial score (nSPS) is 10.4. The molecule has 0 fully saturated rings. The van der Waals surface area contributed by atoms with Gasteiger partial charge in [0.25, 0.3) is 0 Å². The molecule has 0 bridgehead atoms. The van der Waals surface area contributed by atoms with Gasteiger partial charge in [0.2, 0.25) is 0 Å². The monoisotopic (exact) mass is 222 g/mol. The van der Waals surface area contributed by atoms with E-state index in [4.69, 9.17) is 12.2 Å². The minimum atomic E-state index is 0.846. The SMILES string of the molecule is Cc1ccc(-n2c(C)csc2=S)nc1. The van der Waals surface area contributed by atoms with Crippen molar-refractivity contribution in [1.82, 2.24) is 9.55 Å². The van der Waals surface area contributed by atoms with E-state index in [2.05, 4.69) is 4.98 Å². The lowest BCUT2D eigenvalue weighted by Gasteiger charge is -2.03. The average molecular weight is 222 g/mol. The highest BCUT2D eigenvalue weighted by molar-refractivity contribution is 7.73. The Morgan fingerprint density at radius 2 is 2.14 bits per heavy atom. The van der Waals surface area contributed by atoms with Crippen LogP contribution in [0.5, 0.6) is 0 Å². The van der Waals surface area contributed by atoms with Crippen LogP contribution in [0.1, 0.15) is 11.3 Å². The van der Waals surface area contributed by atoms with Crippen LogP contribution in [0.15, 0.2) is 23.7 Å². The first-order chi connectivity index (χ1) is 6.68. The van der Waals surface area contributed by atoms with Gasteiger partial charge in [0, 0.05) is 17.3 Å². The number of aryl methyl sites for hydroxylation is 2. The first-order valence-electron chi connectivity index (χ1n) is 4.28. The molecule has 0 spiro atoms. The summed E-state index contributed by atoms with van der Waals surface area (Å²) in [6.45, 7) is 4.06. The molecule has 0 radical (unpaired) electrons. The van der Waals surface area contributed by atoms with Crippen LogP contribution in [0.3, 0.4) is 0 Å². The Bertz CT molecular complexity index is 494. The van der Waals surface area contributed by atoms with Crippen molar-refractivity contribution in [3.8, 4) is 5.82 Å². The molecule has 2 heterocycles. The molecule has 2 nitrogen and oxygen atoms in total. The second kappa shape index (κ2) is 3.63. The van der Waals surface area contributed by atoms with E-state index in [1.54, 1.807) is 11.3 Å². The lowest BCUT2D eigenvalue weighted by atomic mass is 10.3. The Hall–Kier alpha value is -1.00. The smallest absolute Gasteiger partial charge is 0.167 e. The molecular formula is C10H10N2S2.